The van der Waals surface area contributed by atoms with Gasteiger partial charge in [-0.25, -0.2) is 0 Å². The van der Waals surface area contributed by atoms with Crippen LogP contribution < -0.4 is 5.48 Å². The Hall–Kier alpha value is -1.78. The first-order chi connectivity index (χ1) is 13.8. The summed E-state index contributed by atoms with van der Waals surface area (Å²) in [6, 6.07) is 8.30. The van der Waals surface area contributed by atoms with Crippen LogP contribution in [-0.4, -0.2) is 20.8 Å². The smallest absolute Gasteiger partial charge is 0.265 e. The molecule has 0 saturated carbocycles. The first-order valence-electron chi connectivity index (χ1n) is 8.45. The molecule has 0 aliphatic carbocycles. The second-order valence-corrected chi connectivity index (χ2v) is 9.28. The van der Waals surface area contributed by atoms with Crippen molar-refractivity contribution in [1.82, 2.24) is 5.48 Å². The van der Waals surface area contributed by atoms with Crippen LogP contribution in [0.25, 0.3) is 5.70 Å². The van der Waals surface area contributed by atoms with E-state index in [2.05, 4.69) is 5.48 Å². The van der Waals surface area contributed by atoms with Crippen LogP contribution in [0.4, 0.5) is 13.2 Å². The van der Waals surface area contributed by atoms with E-state index in [1.165, 1.54) is 12.1 Å². The number of hydrogen-bond donors (Lipinski definition) is 1. The molecule has 0 amide bonds. The molecule has 2 aromatic carbocycles. The SMILES string of the molecule is Cc1cc(C2=CC(c3cc(Cl)cc(Cl)c3)(C(F)(F)F)ON2)ccc1COS(C)(=O)=O. The lowest BCUT2D eigenvalue weighted by molar-refractivity contribution is -0.269. The van der Waals surface area contributed by atoms with E-state index in [1.54, 1.807) is 19.1 Å². The van der Waals surface area contributed by atoms with Crippen LogP contribution in [0, 0.1) is 6.92 Å². The van der Waals surface area contributed by atoms with Gasteiger partial charge in [-0.15, -0.1) is 0 Å². The van der Waals surface area contributed by atoms with Gasteiger partial charge in [-0.2, -0.15) is 21.6 Å². The lowest BCUT2D eigenvalue weighted by atomic mass is 9.91. The zero-order chi connectivity index (χ0) is 22.3. The zero-order valence-corrected chi connectivity index (χ0v) is 18.0. The molecule has 1 N–H and O–H groups in total. The first kappa shape index (κ1) is 22.9. The number of rotatable bonds is 5. The molecule has 0 radical (unpaired) electrons. The van der Waals surface area contributed by atoms with Crippen molar-refractivity contribution in [2.45, 2.75) is 25.3 Å². The van der Waals surface area contributed by atoms with E-state index in [9.17, 15) is 21.6 Å². The molecule has 3 rings (SSSR count). The highest BCUT2D eigenvalue weighted by atomic mass is 35.5. The fourth-order valence-corrected chi connectivity index (χ4v) is 3.82. The number of hydroxylamine groups is 1. The van der Waals surface area contributed by atoms with Crippen molar-refractivity contribution in [2.75, 3.05) is 6.26 Å². The Morgan fingerprint density at radius 1 is 1.13 bits per heavy atom. The predicted molar refractivity (Wildman–Crippen MR) is 107 cm³/mol. The average molecular weight is 482 g/mol. The van der Waals surface area contributed by atoms with Crippen molar-refractivity contribution in [3.63, 3.8) is 0 Å². The van der Waals surface area contributed by atoms with Gasteiger partial charge in [0, 0.05) is 15.6 Å². The average Bonchev–Trinajstić information content (AvgIpc) is 3.05. The van der Waals surface area contributed by atoms with Crippen molar-refractivity contribution in [3.05, 3.63) is 74.8 Å². The Morgan fingerprint density at radius 3 is 2.30 bits per heavy atom. The van der Waals surface area contributed by atoms with Gasteiger partial charge in [0.15, 0.2) is 0 Å². The maximum Gasteiger partial charge on any atom is 0.428 e. The first-order valence-corrected chi connectivity index (χ1v) is 11.0. The van der Waals surface area contributed by atoms with Crippen molar-refractivity contribution >= 4 is 39.0 Å². The lowest BCUT2D eigenvalue weighted by Gasteiger charge is -2.28. The Balaban J connectivity index is 2.00. The van der Waals surface area contributed by atoms with Crippen molar-refractivity contribution in [1.29, 1.82) is 0 Å². The minimum atomic E-state index is -4.81. The van der Waals surface area contributed by atoms with Crippen LogP contribution in [0.15, 0.2) is 42.5 Å². The minimum Gasteiger partial charge on any atom is -0.265 e. The van der Waals surface area contributed by atoms with Gasteiger partial charge in [-0.1, -0.05) is 35.3 Å². The van der Waals surface area contributed by atoms with Crippen molar-refractivity contribution < 1.29 is 30.6 Å². The Morgan fingerprint density at radius 2 is 1.77 bits per heavy atom. The van der Waals surface area contributed by atoms with Crippen molar-refractivity contribution in [2.24, 2.45) is 0 Å². The summed E-state index contributed by atoms with van der Waals surface area (Å²) in [6.45, 7) is 1.51. The van der Waals surface area contributed by atoms with Crippen LogP contribution >= 0.6 is 23.2 Å². The summed E-state index contributed by atoms with van der Waals surface area (Å²) in [5, 5.41) is 0.0790. The fraction of sp³-hybridized carbons (Fsp3) is 0.263. The van der Waals surface area contributed by atoms with E-state index in [0.717, 1.165) is 24.5 Å². The van der Waals surface area contributed by atoms with E-state index in [0.29, 0.717) is 16.7 Å². The fourth-order valence-electron chi connectivity index (χ4n) is 2.95. The van der Waals surface area contributed by atoms with E-state index in [4.69, 9.17) is 32.2 Å². The molecule has 0 saturated heterocycles. The summed E-state index contributed by atoms with van der Waals surface area (Å²) in [7, 11) is -3.62. The normalized spacial score (nSPS) is 19.5. The van der Waals surface area contributed by atoms with Gasteiger partial charge in [-0.05, 0) is 54.0 Å². The van der Waals surface area contributed by atoms with Crippen LogP contribution in [0.2, 0.25) is 10.0 Å². The molecular weight excluding hydrogens is 466 g/mol. The van der Waals surface area contributed by atoms with Gasteiger partial charge in [0.2, 0.25) is 5.60 Å². The van der Waals surface area contributed by atoms with Crippen LogP contribution in [0.3, 0.4) is 0 Å². The number of halogens is 5. The van der Waals surface area contributed by atoms with Gasteiger partial charge in [0.25, 0.3) is 10.1 Å². The molecule has 0 bridgehead atoms. The lowest BCUT2D eigenvalue weighted by Crippen LogP contribution is -2.42. The van der Waals surface area contributed by atoms with Gasteiger partial charge in [-0.3, -0.25) is 14.5 Å². The summed E-state index contributed by atoms with van der Waals surface area (Å²) in [4.78, 5) is 5.04. The second-order valence-electron chi connectivity index (χ2n) is 6.76. The van der Waals surface area contributed by atoms with Crippen molar-refractivity contribution in [3.8, 4) is 0 Å². The van der Waals surface area contributed by atoms with Gasteiger partial charge in [0.1, 0.15) is 0 Å². The standard InChI is InChI=1S/C19H16Cl2F3NO4S/c1-11-5-12(3-4-13(11)10-28-30(2,26)27)17-9-18(29-25-17,19(22,23)24)14-6-15(20)8-16(21)7-14/h3-9,25H,10H2,1-2H3. The summed E-state index contributed by atoms with van der Waals surface area (Å²) < 4.78 is 69.2. The molecule has 1 aliphatic heterocycles. The predicted octanol–water partition coefficient (Wildman–Crippen LogP) is 5.11. The number of nitrogens with one attached hydrogen (secondary N) is 1. The highest BCUT2D eigenvalue weighted by Crippen LogP contribution is 2.48. The number of hydrogen-bond acceptors (Lipinski definition) is 5. The van der Waals surface area contributed by atoms with E-state index >= 15 is 0 Å². The molecule has 5 nitrogen and oxygen atoms in total. The summed E-state index contributed by atoms with van der Waals surface area (Å²) >= 11 is 11.8. The van der Waals surface area contributed by atoms with E-state index in [1.807, 2.05) is 0 Å². The quantitative estimate of drug-likeness (QED) is 0.601. The van der Waals surface area contributed by atoms with Gasteiger partial charge >= 0.3 is 6.18 Å². The maximum absolute atomic E-state index is 14.0. The van der Waals surface area contributed by atoms with Crippen LogP contribution in [0.5, 0.6) is 0 Å². The third-order valence-corrected chi connectivity index (χ3v) is 5.45. The molecule has 0 fully saturated rings. The van der Waals surface area contributed by atoms with Gasteiger partial charge < -0.3 is 0 Å². The molecule has 0 spiro atoms. The highest BCUT2D eigenvalue weighted by Gasteiger charge is 2.59. The van der Waals surface area contributed by atoms with E-state index in [-0.39, 0.29) is 27.9 Å². The largest absolute Gasteiger partial charge is 0.428 e. The molecule has 1 heterocycles. The number of aryl methyl sites for hydroxylation is 1. The third kappa shape index (κ3) is 4.76. The minimum absolute atomic E-state index is 0.0395. The molecule has 11 heteroatoms. The summed E-state index contributed by atoms with van der Waals surface area (Å²) in [5.41, 5.74) is 0.983. The Bertz CT molecular complexity index is 1100. The molecule has 2 aromatic rings. The molecule has 0 aromatic heterocycles. The summed E-state index contributed by atoms with van der Waals surface area (Å²) in [5.74, 6) is 0. The molecular formula is C19H16Cl2F3NO4S. The zero-order valence-electron chi connectivity index (χ0n) is 15.7. The maximum atomic E-state index is 14.0. The van der Waals surface area contributed by atoms with Crippen LogP contribution in [0.1, 0.15) is 22.3 Å². The Kier molecular flexibility index (Phi) is 6.14. The topological polar surface area (TPSA) is 64.6 Å². The van der Waals surface area contributed by atoms with Gasteiger partial charge in [0.05, 0.1) is 18.6 Å². The monoisotopic (exact) mass is 481 g/mol. The number of benzene rings is 2. The molecule has 1 aliphatic rings. The summed E-state index contributed by atoms with van der Waals surface area (Å²) in [6.07, 6.45) is -2.97. The second kappa shape index (κ2) is 8.05. The highest BCUT2D eigenvalue weighted by molar-refractivity contribution is 7.85. The molecule has 30 heavy (non-hydrogen) atoms. The third-order valence-electron chi connectivity index (χ3n) is 4.46. The number of alkyl halides is 3. The molecule has 1 atom stereocenters. The Labute approximate surface area is 181 Å². The molecule has 1 unspecified atom stereocenters. The molecule has 162 valence electrons. The van der Waals surface area contributed by atoms with Crippen LogP contribution in [-0.2, 0) is 31.3 Å². The van der Waals surface area contributed by atoms with E-state index < -0.39 is 21.9 Å².